The van der Waals surface area contributed by atoms with Crippen molar-refractivity contribution in [2.45, 2.75) is 40.7 Å². The van der Waals surface area contributed by atoms with Gasteiger partial charge in [0, 0.05) is 37.9 Å². The van der Waals surface area contributed by atoms with Crippen LogP contribution in [0.25, 0.3) is 0 Å². The molecule has 1 atom stereocenters. The van der Waals surface area contributed by atoms with Gasteiger partial charge < -0.3 is 15.5 Å². The van der Waals surface area contributed by atoms with Crippen molar-refractivity contribution in [1.29, 1.82) is 0 Å². The molecule has 0 radical (unpaired) electrons. The summed E-state index contributed by atoms with van der Waals surface area (Å²) in [4.78, 5) is 7.26. The number of aromatic nitrogens is 2. The first-order chi connectivity index (χ1) is 11.0. The Bertz CT molecular complexity index is 533. The summed E-state index contributed by atoms with van der Waals surface area (Å²) in [6, 6.07) is 0. The second-order valence-corrected chi connectivity index (χ2v) is 6.40. The van der Waals surface area contributed by atoms with Crippen LogP contribution in [0, 0.1) is 19.8 Å². The first-order valence-corrected chi connectivity index (χ1v) is 8.78. The Hall–Kier alpha value is -1.56. The number of rotatable bonds is 6. The molecule has 1 unspecified atom stereocenters. The topological polar surface area (TPSA) is 57.5 Å². The molecule has 1 fully saturated rings. The molecule has 23 heavy (non-hydrogen) atoms. The fourth-order valence-electron chi connectivity index (χ4n) is 3.15. The molecule has 130 valence electrons. The predicted molar refractivity (Wildman–Crippen MR) is 95.7 cm³/mol. The molecular weight excluding hydrogens is 288 g/mol. The third-order valence-corrected chi connectivity index (χ3v) is 4.77. The van der Waals surface area contributed by atoms with Crippen molar-refractivity contribution in [1.82, 2.24) is 25.3 Å². The quantitative estimate of drug-likeness (QED) is 0.615. The van der Waals surface area contributed by atoms with Crippen LogP contribution in [-0.2, 0) is 13.6 Å². The molecule has 6 heteroatoms. The molecular formula is C17H32N6. The Balaban J connectivity index is 1.92. The molecule has 0 aromatic carbocycles. The van der Waals surface area contributed by atoms with E-state index in [-0.39, 0.29) is 0 Å². The molecule has 1 aromatic rings. The zero-order valence-electron chi connectivity index (χ0n) is 15.3. The Labute approximate surface area is 140 Å². The Morgan fingerprint density at radius 2 is 2.09 bits per heavy atom. The van der Waals surface area contributed by atoms with Crippen LogP contribution >= 0.6 is 0 Å². The van der Waals surface area contributed by atoms with Crippen LogP contribution in [0.3, 0.4) is 0 Å². The predicted octanol–water partition coefficient (Wildman–Crippen LogP) is 1.43. The van der Waals surface area contributed by atoms with Crippen molar-refractivity contribution in [3.63, 3.8) is 0 Å². The van der Waals surface area contributed by atoms with Gasteiger partial charge in [-0.15, -0.1) is 0 Å². The van der Waals surface area contributed by atoms with Crippen LogP contribution in [0.15, 0.2) is 4.99 Å². The van der Waals surface area contributed by atoms with Gasteiger partial charge in [-0.25, -0.2) is 4.99 Å². The van der Waals surface area contributed by atoms with Crippen molar-refractivity contribution in [2.75, 3.05) is 32.7 Å². The maximum Gasteiger partial charge on any atom is 0.191 e. The normalized spacial score (nSPS) is 19.3. The van der Waals surface area contributed by atoms with E-state index in [1.807, 2.05) is 11.7 Å². The van der Waals surface area contributed by atoms with Crippen LogP contribution in [0.1, 0.15) is 37.2 Å². The van der Waals surface area contributed by atoms with Gasteiger partial charge in [0.05, 0.1) is 12.2 Å². The lowest BCUT2D eigenvalue weighted by Gasteiger charge is -2.16. The Kier molecular flexibility index (Phi) is 6.45. The number of nitrogens with one attached hydrogen (secondary N) is 2. The molecule has 2 N–H and O–H groups in total. The second-order valence-electron chi connectivity index (χ2n) is 6.40. The van der Waals surface area contributed by atoms with Crippen molar-refractivity contribution in [3.05, 3.63) is 17.0 Å². The lowest BCUT2D eigenvalue weighted by atomic mass is 10.1. The smallest absolute Gasteiger partial charge is 0.191 e. The van der Waals surface area contributed by atoms with Gasteiger partial charge in [-0.05, 0) is 46.2 Å². The highest BCUT2D eigenvalue weighted by Gasteiger charge is 2.21. The van der Waals surface area contributed by atoms with Crippen molar-refractivity contribution in [3.8, 4) is 0 Å². The van der Waals surface area contributed by atoms with Gasteiger partial charge in [0.2, 0.25) is 0 Å². The number of aryl methyl sites for hydroxylation is 2. The summed E-state index contributed by atoms with van der Waals surface area (Å²) < 4.78 is 1.93. The van der Waals surface area contributed by atoms with E-state index in [1.54, 1.807) is 0 Å². The van der Waals surface area contributed by atoms with Gasteiger partial charge in [0.25, 0.3) is 0 Å². The monoisotopic (exact) mass is 320 g/mol. The SMILES string of the molecule is CCNC(=NCc1c(C)nn(C)c1C)NCC1CCN(CC)C1. The van der Waals surface area contributed by atoms with E-state index in [2.05, 4.69) is 48.3 Å². The number of hydrogen-bond donors (Lipinski definition) is 2. The first kappa shape index (κ1) is 17.8. The minimum atomic E-state index is 0.673. The van der Waals surface area contributed by atoms with Crippen LogP contribution in [-0.4, -0.2) is 53.4 Å². The summed E-state index contributed by atoms with van der Waals surface area (Å²) in [5.74, 6) is 1.63. The zero-order valence-corrected chi connectivity index (χ0v) is 15.3. The van der Waals surface area contributed by atoms with Gasteiger partial charge >= 0.3 is 0 Å². The molecule has 0 aliphatic carbocycles. The van der Waals surface area contributed by atoms with Gasteiger partial charge in [-0.3, -0.25) is 4.68 Å². The average molecular weight is 320 g/mol. The van der Waals surface area contributed by atoms with Crippen molar-refractivity contribution in [2.24, 2.45) is 18.0 Å². The molecule has 1 aromatic heterocycles. The highest BCUT2D eigenvalue weighted by molar-refractivity contribution is 5.79. The van der Waals surface area contributed by atoms with E-state index in [0.717, 1.165) is 37.2 Å². The lowest BCUT2D eigenvalue weighted by molar-refractivity contribution is 0.342. The van der Waals surface area contributed by atoms with Gasteiger partial charge in [0.1, 0.15) is 0 Å². The Morgan fingerprint density at radius 1 is 1.30 bits per heavy atom. The molecule has 1 aliphatic rings. The van der Waals surface area contributed by atoms with E-state index < -0.39 is 0 Å². The molecule has 6 nitrogen and oxygen atoms in total. The lowest BCUT2D eigenvalue weighted by Crippen LogP contribution is -2.40. The minimum absolute atomic E-state index is 0.673. The van der Waals surface area contributed by atoms with Crippen LogP contribution in [0.2, 0.25) is 0 Å². The Morgan fingerprint density at radius 3 is 2.65 bits per heavy atom. The molecule has 1 aliphatic heterocycles. The van der Waals surface area contributed by atoms with Gasteiger partial charge in [-0.2, -0.15) is 5.10 Å². The zero-order chi connectivity index (χ0) is 16.8. The van der Waals surface area contributed by atoms with E-state index >= 15 is 0 Å². The molecule has 0 spiro atoms. The minimum Gasteiger partial charge on any atom is -0.357 e. The standard InChI is InChI=1S/C17H32N6/c1-6-18-17(19-10-15-8-9-23(7-2)12-15)20-11-16-13(3)21-22(5)14(16)4/h15H,6-12H2,1-5H3,(H2,18,19,20). The average Bonchev–Trinajstić information content (AvgIpc) is 3.08. The van der Waals surface area contributed by atoms with Crippen LogP contribution in [0.4, 0.5) is 0 Å². The third-order valence-electron chi connectivity index (χ3n) is 4.77. The maximum absolute atomic E-state index is 4.75. The summed E-state index contributed by atoms with van der Waals surface area (Å²) in [5, 5.41) is 11.3. The van der Waals surface area contributed by atoms with Crippen molar-refractivity contribution >= 4 is 5.96 Å². The molecule has 2 heterocycles. The number of nitrogens with zero attached hydrogens (tertiary/aromatic N) is 4. The van der Waals surface area contributed by atoms with Crippen LogP contribution in [0.5, 0.6) is 0 Å². The van der Waals surface area contributed by atoms with Crippen molar-refractivity contribution < 1.29 is 0 Å². The van der Waals surface area contributed by atoms with E-state index in [4.69, 9.17) is 4.99 Å². The number of guanidine groups is 1. The summed E-state index contributed by atoms with van der Waals surface area (Å²) in [6.07, 6.45) is 1.28. The highest BCUT2D eigenvalue weighted by Crippen LogP contribution is 2.15. The third kappa shape index (κ3) is 4.70. The number of aliphatic imine (C=N–C) groups is 1. The summed E-state index contributed by atoms with van der Waals surface area (Å²) in [5.41, 5.74) is 3.48. The van der Waals surface area contributed by atoms with Gasteiger partial charge in [0.15, 0.2) is 5.96 Å². The number of likely N-dealkylation sites (tertiary alicyclic amines) is 1. The van der Waals surface area contributed by atoms with E-state index in [1.165, 1.54) is 30.8 Å². The van der Waals surface area contributed by atoms with Crippen LogP contribution < -0.4 is 10.6 Å². The summed E-state index contributed by atoms with van der Waals surface area (Å²) >= 11 is 0. The summed E-state index contributed by atoms with van der Waals surface area (Å²) in [7, 11) is 1.98. The molecule has 2 rings (SSSR count). The molecule has 1 saturated heterocycles. The molecule has 0 bridgehead atoms. The molecule has 0 saturated carbocycles. The highest BCUT2D eigenvalue weighted by atomic mass is 15.3. The number of hydrogen-bond acceptors (Lipinski definition) is 3. The van der Waals surface area contributed by atoms with Gasteiger partial charge in [-0.1, -0.05) is 6.92 Å². The first-order valence-electron chi connectivity index (χ1n) is 8.78. The molecule has 0 amide bonds. The van der Waals surface area contributed by atoms with E-state index in [0.29, 0.717) is 6.54 Å². The fraction of sp³-hybridized carbons (Fsp3) is 0.765. The largest absolute Gasteiger partial charge is 0.357 e. The second kappa shape index (κ2) is 8.34. The summed E-state index contributed by atoms with van der Waals surface area (Å²) in [6.45, 7) is 14.6. The fourth-order valence-corrected chi connectivity index (χ4v) is 3.15. The maximum atomic E-state index is 4.75. The van der Waals surface area contributed by atoms with E-state index in [9.17, 15) is 0 Å².